The second-order valence-corrected chi connectivity index (χ2v) is 6.32. The molecule has 22 heavy (non-hydrogen) atoms. The third-order valence-corrected chi connectivity index (χ3v) is 4.27. The Hall–Kier alpha value is -1.75. The van der Waals surface area contributed by atoms with Gasteiger partial charge in [0.25, 0.3) is 5.56 Å². The molecular formula is C16H10Cl2N2OS. The second-order valence-electron chi connectivity index (χ2n) is 4.44. The Morgan fingerprint density at radius 1 is 1.00 bits per heavy atom. The van der Waals surface area contributed by atoms with Crippen molar-refractivity contribution in [3.8, 4) is 5.69 Å². The minimum Gasteiger partial charge on any atom is -0.279 e. The first kappa shape index (κ1) is 15.2. The molecule has 0 bridgehead atoms. The van der Waals surface area contributed by atoms with Crippen LogP contribution in [0.1, 0.15) is 0 Å². The Morgan fingerprint density at radius 2 is 1.77 bits per heavy atom. The van der Waals surface area contributed by atoms with Gasteiger partial charge in [-0.1, -0.05) is 59.2 Å². The van der Waals surface area contributed by atoms with Gasteiger partial charge < -0.3 is 0 Å². The summed E-state index contributed by atoms with van der Waals surface area (Å²) in [6, 6.07) is 16.6. The molecule has 0 saturated carbocycles. The zero-order valence-electron chi connectivity index (χ0n) is 11.2. The minimum absolute atomic E-state index is 0.236. The van der Waals surface area contributed by atoms with Crippen molar-refractivity contribution in [2.45, 2.75) is 9.92 Å². The summed E-state index contributed by atoms with van der Waals surface area (Å²) < 4.78 is 1.45. The van der Waals surface area contributed by atoms with E-state index in [9.17, 15) is 4.79 Å². The summed E-state index contributed by atoms with van der Waals surface area (Å²) in [7, 11) is 0. The predicted octanol–water partition coefficient (Wildman–Crippen LogP) is 4.69. The summed E-state index contributed by atoms with van der Waals surface area (Å²) in [6.45, 7) is 0. The highest BCUT2D eigenvalue weighted by atomic mass is 35.5. The van der Waals surface area contributed by atoms with Crippen LogP contribution in [0.4, 0.5) is 0 Å². The van der Waals surface area contributed by atoms with Gasteiger partial charge in [0.15, 0.2) is 5.03 Å². The van der Waals surface area contributed by atoms with Crippen molar-refractivity contribution in [3.05, 3.63) is 81.3 Å². The molecule has 0 amide bonds. The molecule has 0 aliphatic heterocycles. The molecule has 0 saturated heterocycles. The van der Waals surface area contributed by atoms with Crippen LogP contribution in [0.3, 0.4) is 0 Å². The number of hydrogen-bond acceptors (Lipinski definition) is 3. The monoisotopic (exact) mass is 348 g/mol. The third kappa shape index (κ3) is 3.35. The average molecular weight is 349 g/mol. The zero-order valence-corrected chi connectivity index (χ0v) is 13.6. The molecule has 1 heterocycles. The molecular weight excluding hydrogens is 339 g/mol. The lowest BCUT2D eigenvalue weighted by Crippen LogP contribution is -2.20. The zero-order chi connectivity index (χ0) is 15.5. The topological polar surface area (TPSA) is 34.9 Å². The quantitative estimate of drug-likeness (QED) is 0.688. The Balaban J connectivity index is 2.08. The van der Waals surface area contributed by atoms with Crippen molar-refractivity contribution in [1.29, 1.82) is 0 Å². The molecule has 0 unspecified atom stereocenters. The van der Waals surface area contributed by atoms with Crippen molar-refractivity contribution in [1.82, 2.24) is 9.55 Å². The molecule has 0 aliphatic rings. The molecule has 110 valence electrons. The fourth-order valence-corrected chi connectivity index (χ4v) is 3.19. The summed E-state index contributed by atoms with van der Waals surface area (Å²) in [5, 5.41) is 1.12. The van der Waals surface area contributed by atoms with E-state index in [-0.39, 0.29) is 10.7 Å². The SMILES string of the molecule is O=c1c(Sc2ccccc2)nc(Cl)cn1-c1cccc(Cl)c1. The molecule has 0 radical (unpaired) electrons. The van der Waals surface area contributed by atoms with Gasteiger partial charge in [-0.25, -0.2) is 4.98 Å². The Kier molecular flexibility index (Phi) is 4.52. The molecule has 1 aromatic heterocycles. The normalized spacial score (nSPS) is 10.6. The summed E-state index contributed by atoms with van der Waals surface area (Å²) in [5.41, 5.74) is 0.414. The van der Waals surface area contributed by atoms with Crippen LogP contribution in [0, 0.1) is 0 Å². The Bertz CT molecular complexity index is 866. The summed E-state index contributed by atoms with van der Waals surface area (Å²) in [6.07, 6.45) is 1.49. The molecule has 3 aromatic rings. The lowest BCUT2D eigenvalue weighted by atomic mass is 10.3. The molecule has 0 fully saturated rings. The van der Waals surface area contributed by atoms with Crippen LogP contribution in [-0.2, 0) is 0 Å². The van der Waals surface area contributed by atoms with Gasteiger partial charge in [-0.05, 0) is 30.3 Å². The van der Waals surface area contributed by atoms with Crippen LogP contribution in [-0.4, -0.2) is 9.55 Å². The number of benzene rings is 2. The van der Waals surface area contributed by atoms with Crippen LogP contribution < -0.4 is 5.56 Å². The minimum atomic E-state index is -0.236. The second kappa shape index (κ2) is 6.57. The van der Waals surface area contributed by atoms with E-state index in [0.717, 1.165) is 4.90 Å². The number of hydrogen-bond donors (Lipinski definition) is 0. The third-order valence-electron chi connectivity index (χ3n) is 2.89. The van der Waals surface area contributed by atoms with Crippen molar-refractivity contribution in [2.75, 3.05) is 0 Å². The lowest BCUT2D eigenvalue weighted by molar-refractivity contribution is 0.883. The molecule has 0 aliphatic carbocycles. The molecule has 3 rings (SSSR count). The summed E-state index contributed by atoms with van der Waals surface area (Å²) in [4.78, 5) is 17.7. The number of halogens is 2. The number of aromatic nitrogens is 2. The highest BCUT2D eigenvalue weighted by Crippen LogP contribution is 2.24. The first-order valence-corrected chi connectivity index (χ1v) is 7.99. The van der Waals surface area contributed by atoms with E-state index in [1.807, 2.05) is 30.3 Å². The van der Waals surface area contributed by atoms with Gasteiger partial charge in [0.2, 0.25) is 0 Å². The van der Waals surface area contributed by atoms with E-state index in [0.29, 0.717) is 15.7 Å². The fraction of sp³-hybridized carbons (Fsp3) is 0. The number of nitrogens with zero attached hydrogens (tertiary/aromatic N) is 2. The van der Waals surface area contributed by atoms with E-state index in [2.05, 4.69) is 4.98 Å². The maximum absolute atomic E-state index is 12.6. The highest BCUT2D eigenvalue weighted by molar-refractivity contribution is 7.99. The highest BCUT2D eigenvalue weighted by Gasteiger charge is 2.11. The van der Waals surface area contributed by atoms with Crippen molar-refractivity contribution < 1.29 is 0 Å². The smallest absolute Gasteiger partial charge is 0.279 e. The predicted molar refractivity (Wildman–Crippen MR) is 90.4 cm³/mol. The Morgan fingerprint density at radius 3 is 2.50 bits per heavy atom. The molecule has 0 spiro atoms. The van der Waals surface area contributed by atoms with Gasteiger partial charge in [0.1, 0.15) is 5.15 Å². The lowest BCUT2D eigenvalue weighted by Gasteiger charge is -2.09. The summed E-state index contributed by atoms with van der Waals surface area (Å²) in [5.74, 6) is 0. The van der Waals surface area contributed by atoms with Crippen LogP contribution in [0.2, 0.25) is 10.2 Å². The van der Waals surface area contributed by atoms with Crippen LogP contribution in [0.25, 0.3) is 5.69 Å². The van der Waals surface area contributed by atoms with Crippen LogP contribution >= 0.6 is 35.0 Å². The van der Waals surface area contributed by atoms with E-state index >= 15 is 0 Å². The van der Waals surface area contributed by atoms with E-state index in [1.165, 1.54) is 22.5 Å². The standard InChI is InChI=1S/C16H10Cl2N2OS/c17-11-5-4-6-12(9-11)20-10-14(18)19-15(16(20)21)22-13-7-2-1-3-8-13/h1-10H. The van der Waals surface area contributed by atoms with Gasteiger partial charge in [-0.3, -0.25) is 9.36 Å². The van der Waals surface area contributed by atoms with Gasteiger partial charge in [0, 0.05) is 9.92 Å². The number of rotatable bonds is 3. The van der Waals surface area contributed by atoms with Gasteiger partial charge in [0.05, 0.1) is 11.9 Å². The van der Waals surface area contributed by atoms with Gasteiger partial charge in [-0.15, -0.1) is 0 Å². The van der Waals surface area contributed by atoms with Crippen LogP contribution in [0.15, 0.2) is 75.5 Å². The molecule has 0 N–H and O–H groups in total. The first-order valence-electron chi connectivity index (χ1n) is 6.41. The van der Waals surface area contributed by atoms with Crippen molar-refractivity contribution >= 4 is 35.0 Å². The van der Waals surface area contributed by atoms with E-state index in [1.54, 1.807) is 24.3 Å². The van der Waals surface area contributed by atoms with Crippen LogP contribution in [0.5, 0.6) is 0 Å². The molecule has 0 atom stereocenters. The maximum Gasteiger partial charge on any atom is 0.288 e. The summed E-state index contributed by atoms with van der Waals surface area (Å²) >= 11 is 13.3. The molecule has 2 aromatic carbocycles. The van der Waals surface area contributed by atoms with Crippen molar-refractivity contribution in [3.63, 3.8) is 0 Å². The molecule has 6 heteroatoms. The average Bonchev–Trinajstić information content (AvgIpc) is 2.51. The Labute approximate surface area is 141 Å². The van der Waals surface area contributed by atoms with Gasteiger partial charge >= 0.3 is 0 Å². The van der Waals surface area contributed by atoms with Gasteiger partial charge in [-0.2, -0.15) is 0 Å². The first-order chi connectivity index (χ1) is 10.6. The largest absolute Gasteiger partial charge is 0.288 e. The van der Waals surface area contributed by atoms with Crippen molar-refractivity contribution in [2.24, 2.45) is 0 Å². The maximum atomic E-state index is 12.6. The van der Waals surface area contributed by atoms with E-state index in [4.69, 9.17) is 23.2 Å². The fourth-order valence-electron chi connectivity index (χ4n) is 1.93. The molecule has 3 nitrogen and oxygen atoms in total. The van der Waals surface area contributed by atoms with E-state index < -0.39 is 0 Å².